The molecule has 0 amide bonds. The zero-order valence-corrected chi connectivity index (χ0v) is 11.6. The van der Waals surface area contributed by atoms with Crippen LogP contribution in [0.3, 0.4) is 0 Å². The number of halogens is 1. The lowest BCUT2D eigenvalue weighted by molar-refractivity contribution is 0.0602. The predicted molar refractivity (Wildman–Crippen MR) is 78.8 cm³/mol. The first kappa shape index (κ1) is 14.1. The van der Waals surface area contributed by atoms with Crippen molar-refractivity contribution >= 4 is 29.1 Å². The molecule has 6 heteroatoms. The van der Waals surface area contributed by atoms with Crippen molar-refractivity contribution in [3.05, 3.63) is 52.7 Å². The van der Waals surface area contributed by atoms with Crippen LogP contribution in [0.15, 0.2) is 36.5 Å². The van der Waals surface area contributed by atoms with Crippen LogP contribution in [-0.4, -0.2) is 18.1 Å². The normalized spacial score (nSPS) is 10.1. The number of benzene rings is 1. The maximum absolute atomic E-state index is 11.5. The molecule has 1 aromatic heterocycles. The Kier molecular flexibility index (Phi) is 4.42. The molecule has 1 aromatic carbocycles. The molecule has 1 heterocycles. The molecule has 20 heavy (non-hydrogen) atoms. The molecule has 104 valence electrons. The van der Waals surface area contributed by atoms with Crippen molar-refractivity contribution in [3.63, 3.8) is 0 Å². The second kappa shape index (κ2) is 6.25. The summed E-state index contributed by atoms with van der Waals surface area (Å²) in [5, 5.41) is 3.76. The Bertz CT molecular complexity index is 614. The minimum atomic E-state index is -0.487. The largest absolute Gasteiger partial charge is 0.465 e. The van der Waals surface area contributed by atoms with Gasteiger partial charge >= 0.3 is 5.97 Å². The first-order chi connectivity index (χ1) is 9.61. The monoisotopic (exact) mass is 291 g/mol. The van der Waals surface area contributed by atoms with Crippen molar-refractivity contribution in [2.45, 2.75) is 6.54 Å². The van der Waals surface area contributed by atoms with Gasteiger partial charge in [-0.2, -0.15) is 0 Å². The van der Waals surface area contributed by atoms with E-state index < -0.39 is 5.97 Å². The van der Waals surface area contributed by atoms with E-state index in [9.17, 15) is 4.79 Å². The highest BCUT2D eigenvalue weighted by molar-refractivity contribution is 6.30. The summed E-state index contributed by atoms with van der Waals surface area (Å²) in [6.45, 7) is 0.527. The average Bonchev–Trinajstić information content (AvgIpc) is 2.47. The zero-order valence-electron chi connectivity index (χ0n) is 10.9. The topological polar surface area (TPSA) is 77.2 Å². The molecule has 2 aromatic rings. The average molecular weight is 292 g/mol. The number of nitrogen functional groups attached to an aromatic ring is 1. The lowest BCUT2D eigenvalue weighted by Crippen LogP contribution is -2.10. The summed E-state index contributed by atoms with van der Waals surface area (Å²) >= 11 is 5.82. The minimum absolute atomic E-state index is 0.272. The Morgan fingerprint density at radius 3 is 2.70 bits per heavy atom. The van der Waals surface area contributed by atoms with Crippen LogP contribution >= 0.6 is 11.6 Å². The zero-order chi connectivity index (χ0) is 14.5. The van der Waals surface area contributed by atoms with Gasteiger partial charge in [0.2, 0.25) is 0 Å². The quantitative estimate of drug-likeness (QED) is 0.847. The number of hydrogen-bond donors (Lipinski definition) is 2. The first-order valence-corrected chi connectivity index (χ1v) is 6.30. The Labute approximate surface area is 121 Å². The maximum atomic E-state index is 11.5. The highest BCUT2D eigenvalue weighted by atomic mass is 35.5. The second-order valence-electron chi connectivity index (χ2n) is 4.09. The summed E-state index contributed by atoms with van der Waals surface area (Å²) in [5.41, 5.74) is 7.49. The van der Waals surface area contributed by atoms with Crippen LogP contribution in [0.1, 0.15) is 15.9 Å². The van der Waals surface area contributed by atoms with E-state index in [2.05, 4.69) is 15.0 Å². The summed E-state index contributed by atoms with van der Waals surface area (Å²) in [6, 6.07) is 8.93. The van der Waals surface area contributed by atoms with Gasteiger partial charge in [-0.3, -0.25) is 0 Å². The van der Waals surface area contributed by atoms with Crippen LogP contribution in [0.5, 0.6) is 0 Å². The van der Waals surface area contributed by atoms with Crippen LogP contribution < -0.4 is 11.1 Å². The lowest BCUT2D eigenvalue weighted by atomic mass is 10.2. The fraction of sp³-hybridized carbons (Fsp3) is 0.143. The number of anilines is 2. The number of methoxy groups -OCH3 is 1. The summed E-state index contributed by atoms with van der Waals surface area (Å²) < 4.78 is 4.66. The summed E-state index contributed by atoms with van der Waals surface area (Å²) in [6.07, 6.45) is 1.51. The fourth-order valence-electron chi connectivity index (χ4n) is 1.69. The van der Waals surface area contributed by atoms with Gasteiger partial charge in [-0.1, -0.05) is 23.7 Å². The Balaban J connectivity index is 2.13. The number of nitrogens with two attached hydrogens (primary N) is 1. The van der Waals surface area contributed by atoms with E-state index in [-0.39, 0.29) is 5.69 Å². The molecule has 0 saturated heterocycles. The summed E-state index contributed by atoms with van der Waals surface area (Å²) in [5.74, 6) is -0.0395. The number of carbonyl (C=O) groups excluding carboxylic acids is 1. The van der Waals surface area contributed by atoms with Gasteiger partial charge < -0.3 is 15.8 Å². The van der Waals surface area contributed by atoms with E-state index >= 15 is 0 Å². The first-order valence-electron chi connectivity index (χ1n) is 5.93. The van der Waals surface area contributed by atoms with Crippen molar-refractivity contribution in [2.24, 2.45) is 0 Å². The second-order valence-corrected chi connectivity index (χ2v) is 4.53. The van der Waals surface area contributed by atoms with Crippen molar-refractivity contribution in [2.75, 3.05) is 18.2 Å². The predicted octanol–water partition coefficient (Wildman–Crippen LogP) is 2.72. The number of pyridine rings is 1. The number of carbonyl (C=O) groups is 1. The Morgan fingerprint density at radius 2 is 2.05 bits per heavy atom. The number of ether oxygens (including phenoxy) is 1. The smallest absolute Gasteiger partial charge is 0.340 e. The fourth-order valence-corrected chi connectivity index (χ4v) is 1.82. The molecule has 0 aliphatic carbocycles. The molecule has 0 radical (unpaired) electrons. The van der Waals surface area contributed by atoms with Crippen LogP contribution in [-0.2, 0) is 11.3 Å². The third-order valence-corrected chi connectivity index (χ3v) is 3.02. The summed E-state index contributed by atoms with van der Waals surface area (Å²) in [7, 11) is 1.31. The van der Waals surface area contributed by atoms with Crippen molar-refractivity contribution in [3.8, 4) is 0 Å². The highest BCUT2D eigenvalue weighted by Crippen LogP contribution is 2.21. The number of nitrogens with one attached hydrogen (secondary N) is 1. The van der Waals surface area contributed by atoms with Crippen LogP contribution in [0.4, 0.5) is 11.5 Å². The maximum Gasteiger partial charge on any atom is 0.340 e. The van der Waals surface area contributed by atoms with E-state index in [0.29, 0.717) is 22.9 Å². The van der Waals surface area contributed by atoms with Crippen molar-refractivity contribution in [1.82, 2.24) is 4.98 Å². The highest BCUT2D eigenvalue weighted by Gasteiger charge is 2.13. The number of aromatic nitrogens is 1. The minimum Gasteiger partial charge on any atom is -0.465 e. The molecule has 0 bridgehead atoms. The molecular weight excluding hydrogens is 278 g/mol. The number of hydrogen-bond acceptors (Lipinski definition) is 5. The van der Waals surface area contributed by atoms with Gasteiger partial charge in [-0.05, 0) is 23.8 Å². The van der Waals surface area contributed by atoms with Crippen LogP contribution in [0.25, 0.3) is 0 Å². The van der Waals surface area contributed by atoms with Crippen LogP contribution in [0.2, 0.25) is 5.02 Å². The molecule has 0 aliphatic heterocycles. The van der Waals surface area contributed by atoms with Gasteiger partial charge in [0.25, 0.3) is 0 Å². The van der Waals surface area contributed by atoms with Gasteiger partial charge in [0.1, 0.15) is 5.82 Å². The molecule has 2 rings (SSSR count). The molecule has 0 fully saturated rings. The number of esters is 1. The number of nitrogens with zero attached hydrogens (tertiary/aromatic N) is 1. The van der Waals surface area contributed by atoms with Gasteiger partial charge in [0.05, 0.1) is 18.4 Å². The Hall–Kier alpha value is -2.27. The molecule has 0 unspecified atom stereocenters. The van der Waals surface area contributed by atoms with Gasteiger partial charge in [0.15, 0.2) is 0 Å². The molecule has 5 nitrogen and oxygen atoms in total. The molecule has 0 aliphatic rings. The van der Waals surface area contributed by atoms with E-state index in [4.69, 9.17) is 17.3 Å². The molecule has 0 atom stereocenters. The lowest BCUT2D eigenvalue weighted by Gasteiger charge is -2.10. The van der Waals surface area contributed by atoms with Crippen molar-refractivity contribution in [1.29, 1.82) is 0 Å². The van der Waals surface area contributed by atoms with Gasteiger partial charge in [0, 0.05) is 17.8 Å². The van der Waals surface area contributed by atoms with E-state index in [1.807, 2.05) is 12.1 Å². The third kappa shape index (κ3) is 3.19. The molecule has 3 N–H and O–H groups in total. The van der Waals surface area contributed by atoms with Gasteiger partial charge in [-0.25, -0.2) is 9.78 Å². The Morgan fingerprint density at radius 1 is 1.35 bits per heavy atom. The SMILES string of the molecule is COC(=O)c1ccnc(NCc2ccc(Cl)cc2)c1N. The standard InChI is InChI=1S/C14H14ClN3O2/c1-20-14(19)11-6-7-17-13(12(11)16)18-8-9-2-4-10(15)5-3-9/h2-7H,8,16H2,1H3,(H,17,18). The molecule has 0 saturated carbocycles. The van der Waals surface area contributed by atoms with E-state index in [1.54, 1.807) is 12.1 Å². The van der Waals surface area contributed by atoms with Crippen LogP contribution in [0, 0.1) is 0 Å². The summed E-state index contributed by atoms with van der Waals surface area (Å²) in [4.78, 5) is 15.6. The number of rotatable bonds is 4. The molecule has 0 spiro atoms. The van der Waals surface area contributed by atoms with E-state index in [1.165, 1.54) is 19.4 Å². The van der Waals surface area contributed by atoms with E-state index in [0.717, 1.165) is 5.56 Å². The van der Waals surface area contributed by atoms with Crippen molar-refractivity contribution < 1.29 is 9.53 Å². The van der Waals surface area contributed by atoms with Gasteiger partial charge in [-0.15, -0.1) is 0 Å². The molecular formula is C14H14ClN3O2. The third-order valence-electron chi connectivity index (χ3n) is 2.77.